The SMILES string of the molecule is COc1ccc(CCc2cc(OC)c3c(c2)OCO3)cc1O. The maximum absolute atomic E-state index is 9.82. The van der Waals surface area contributed by atoms with Gasteiger partial charge in [0.15, 0.2) is 23.0 Å². The lowest BCUT2D eigenvalue weighted by Crippen LogP contribution is -1.94. The van der Waals surface area contributed by atoms with Gasteiger partial charge in [-0.15, -0.1) is 0 Å². The number of fused-ring (bicyclic) bond motifs is 1. The van der Waals surface area contributed by atoms with Crippen molar-refractivity contribution in [1.82, 2.24) is 0 Å². The first-order valence-electron chi connectivity index (χ1n) is 7.03. The topological polar surface area (TPSA) is 57.2 Å². The summed E-state index contributed by atoms with van der Waals surface area (Å²) in [6.07, 6.45) is 1.60. The van der Waals surface area contributed by atoms with Gasteiger partial charge >= 0.3 is 0 Å². The van der Waals surface area contributed by atoms with Gasteiger partial charge in [0.2, 0.25) is 12.5 Å². The molecule has 2 aromatic rings. The Kier molecular flexibility index (Phi) is 3.96. The van der Waals surface area contributed by atoms with Gasteiger partial charge in [-0.1, -0.05) is 6.07 Å². The van der Waals surface area contributed by atoms with Crippen LogP contribution in [-0.4, -0.2) is 26.1 Å². The van der Waals surface area contributed by atoms with Gasteiger partial charge in [-0.05, 0) is 48.2 Å². The molecule has 0 aliphatic carbocycles. The van der Waals surface area contributed by atoms with Gasteiger partial charge in [-0.25, -0.2) is 0 Å². The number of hydrogen-bond donors (Lipinski definition) is 1. The highest BCUT2D eigenvalue weighted by atomic mass is 16.7. The highest BCUT2D eigenvalue weighted by molar-refractivity contribution is 5.55. The Morgan fingerprint density at radius 2 is 1.73 bits per heavy atom. The summed E-state index contributed by atoms with van der Waals surface area (Å²) in [5, 5.41) is 9.82. The van der Waals surface area contributed by atoms with Gasteiger partial charge < -0.3 is 24.1 Å². The van der Waals surface area contributed by atoms with Crippen molar-refractivity contribution in [2.45, 2.75) is 12.8 Å². The van der Waals surface area contributed by atoms with Crippen LogP contribution >= 0.6 is 0 Å². The predicted octanol–water partition coefficient (Wildman–Crippen LogP) is 2.92. The van der Waals surface area contributed by atoms with Crippen LogP contribution in [-0.2, 0) is 12.8 Å². The second kappa shape index (κ2) is 6.05. The van der Waals surface area contributed by atoms with E-state index in [-0.39, 0.29) is 12.5 Å². The third-order valence-corrected chi connectivity index (χ3v) is 3.66. The Bertz CT molecular complexity index is 681. The molecular weight excluding hydrogens is 284 g/mol. The Morgan fingerprint density at radius 1 is 0.955 bits per heavy atom. The van der Waals surface area contributed by atoms with Crippen molar-refractivity contribution in [2.24, 2.45) is 0 Å². The minimum Gasteiger partial charge on any atom is -0.504 e. The minimum absolute atomic E-state index is 0.156. The number of ether oxygens (including phenoxy) is 4. The molecule has 1 aliphatic heterocycles. The van der Waals surface area contributed by atoms with Crippen molar-refractivity contribution >= 4 is 0 Å². The van der Waals surface area contributed by atoms with Gasteiger partial charge in [-0.3, -0.25) is 0 Å². The van der Waals surface area contributed by atoms with Gasteiger partial charge in [0.25, 0.3) is 0 Å². The molecule has 116 valence electrons. The van der Waals surface area contributed by atoms with E-state index in [1.54, 1.807) is 19.2 Å². The van der Waals surface area contributed by atoms with E-state index in [2.05, 4.69) is 0 Å². The lowest BCUT2D eigenvalue weighted by Gasteiger charge is -2.09. The van der Waals surface area contributed by atoms with Crippen LogP contribution in [0.15, 0.2) is 30.3 Å². The molecule has 0 unspecified atom stereocenters. The fourth-order valence-corrected chi connectivity index (χ4v) is 2.51. The molecule has 0 atom stereocenters. The van der Waals surface area contributed by atoms with Crippen LogP contribution in [0.3, 0.4) is 0 Å². The van der Waals surface area contributed by atoms with E-state index < -0.39 is 0 Å². The van der Waals surface area contributed by atoms with Crippen LogP contribution in [0.2, 0.25) is 0 Å². The molecule has 1 N–H and O–H groups in total. The molecule has 0 bridgehead atoms. The van der Waals surface area contributed by atoms with Gasteiger partial charge in [-0.2, -0.15) is 0 Å². The normalized spacial score (nSPS) is 12.3. The van der Waals surface area contributed by atoms with Crippen LogP contribution < -0.4 is 18.9 Å². The first kappa shape index (κ1) is 14.4. The molecule has 2 aromatic carbocycles. The second-order valence-electron chi connectivity index (χ2n) is 5.04. The van der Waals surface area contributed by atoms with Crippen LogP contribution in [0.25, 0.3) is 0 Å². The number of aromatic hydroxyl groups is 1. The fraction of sp³-hybridized carbons (Fsp3) is 0.294. The van der Waals surface area contributed by atoms with E-state index in [9.17, 15) is 5.11 Å². The lowest BCUT2D eigenvalue weighted by atomic mass is 10.0. The van der Waals surface area contributed by atoms with Gasteiger partial charge in [0, 0.05) is 0 Å². The molecule has 1 heterocycles. The van der Waals surface area contributed by atoms with Crippen molar-refractivity contribution in [3.05, 3.63) is 41.5 Å². The summed E-state index contributed by atoms with van der Waals surface area (Å²) in [6.45, 7) is 0.224. The highest BCUT2D eigenvalue weighted by Gasteiger charge is 2.19. The van der Waals surface area contributed by atoms with Gasteiger partial charge in [0.1, 0.15) is 0 Å². The number of phenolic OH excluding ortho intramolecular Hbond substituents is 1. The van der Waals surface area contributed by atoms with E-state index in [0.29, 0.717) is 23.0 Å². The number of rotatable bonds is 5. The number of methoxy groups -OCH3 is 2. The zero-order chi connectivity index (χ0) is 15.5. The summed E-state index contributed by atoms with van der Waals surface area (Å²) in [6, 6.07) is 9.36. The van der Waals surface area contributed by atoms with Crippen LogP contribution in [0.1, 0.15) is 11.1 Å². The quantitative estimate of drug-likeness (QED) is 0.920. The minimum atomic E-state index is 0.156. The Labute approximate surface area is 129 Å². The summed E-state index contributed by atoms with van der Waals surface area (Å²) in [5.74, 6) is 2.69. The Hall–Kier alpha value is -2.56. The second-order valence-corrected chi connectivity index (χ2v) is 5.04. The average Bonchev–Trinajstić information content (AvgIpc) is 3.00. The van der Waals surface area contributed by atoms with Crippen LogP contribution in [0.4, 0.5) is 0 Å². The molecule has 22 heavy (non-hydrogen) atoms. The first-order valence-corrected chi connectivity index (χ1v) is 7.03. The third-order valence-electron chi connectivity index (χ3n) is 3.66. The highest BCUT2D eigenvalue weighted by Crippen LogP contribution is 2.42. The lowest BCUT2D eigenvalue weighted by molar-refractivity contribution is 0.171. The summed E-state index contributed by atoms with van der Waals surface area (Å²) in [4.78, 5) is 0. The number of aryl methyl sites for hydroxylation is 2. The summed E-state index contributed by atoms with van der Waals surface area (Å²) < 4.78 is 21.2. The van der Waals surface area contributed by atoms with Crippen LogP contribution in [0, 0.1) is 0 Å². The van der Waals surface area contributed by atoms with E-state index in [1.807, 2.05) is 18.2 Å². The number of benzene rings is 2. The molecule has 5 heteroatoms. The predicted molar refractivity (Wildman–Crippen MR) is 81.2 cm³/mol. The standard InChI is InChI=1S/C17H18O5/c1-19-14-6-5-11(7-13(14)18)3-4-12-8-15(20-2)17-16(9-12)21-10-22-17/h5-9,18H,3-4,10H2,1-2H3. The molecule has 0 saturated heterocycles. The first-order chi connectivity index (χ1) is 10.7. The smallest absolute Gasteiger partial charge is 0.231 e. The molecule has 0 spiro atoms. The zero-order valence-corrected chi connectivity index (χ0v) is 12.6. The monoisotopic (exact) mass is 302 g/mol. The van der Waals surface area contributed by atoms with E-state index in [0.717, 1.165) is 24.0 Å². The van der Waals surface area contributed by atoms with Gasteiger partial charge in [0.05, 0.1) is 14.2 Å². The van der Waals surface area contributed by atoms with Crippen molar-refractivity contribution in [3.63, 3.8) is 0 Å². The molecule has 0 fully saturated rings. The Morgan fingerprint density at radius 3 is 2.45 bits per heavy atom. The zero-order valence-electron chi connectivity index (χ0n) is 12.6. The summed E-state index contributed by atoms with van der Waals surface area (Å²) in [5.41, 5.74) is 2.13. The van der Waals surface area contributed by atoms with Crippen molar-refractivity contribution in [1.29, 1.82) is 0 Å². The van der Waals surface area contributed by atoms with Crippen LogP contribution in [0.5, 0.6) is 28.7 Å². The fourth-order valence-electron chi connectivity index (χ4n) is 2.51. The van der Waals surface area contributed by atoms with Crippen molar-refractivity contribution < 1.29 is 24.1 Å². The largest absolute Gasteiger partial charge is 0.504 e. The molecular formula is C17H18O5. The molecule has 0 saturated carbocycles. The molecule has 1 aliphatic rings. The van der Waals surface area contributed by atoms with Crippen molar-refractivity contribution in [2.75, 3.05) is 21.0 Å². The molecule has 0 amide bonds. The van der Waals surface area contributed by atoms with E-state index in [1.165, 1.54) is 7.11 Å². The maximum Gasteiger partial charge on any atom is 0.231 e. The average molecular weight is 302 g/mol. The number of phenols is 1. The third kappa shape index (κ3) is 2.74. The van der Waals surface area contributed by atoms with Crippen molar-refractivity contribution in [3.8, 4) is 28.7 Å². The van der Waals surface area contributed by atoms with E-state index in [4.69, 9.17) is 18.9 Å². The molecule has 3 rings (SSSR count). The summed E-state index contributed by atoms with van der Waals surface area (Å²) in [7, 11) is 3.15. The number of hydrogen-bond acceptors (Lipinski definition) is 5. The summed E-state index contributed by atoms with van der Waals surface area (Å²) >= 11 is 0. The Balaban J connectivity index is 1.75. The molecule has 0 radical (unpaired) electrons. The molecule has 5 nitrogen and oxygen atoms in total. The van der Waals surface area contributed by atoms with E-state index >= 15 is 0 Å². The molecule has 0 aromatic heterocycles. The maximum atomic E-state index is 9.82.